The van der Waals surface area contributed by atoms with E-state index in [9.17, 15) is 18.0 Å². The van der Waals surface area contributed by atoms with E-state index >= 15 is 0 Å². The van der Waals surface area contributed by atoms with E-state index in [2.05, 4.69) is 10.9 Å². The molecule has 0 saturated heterocycles. The second kappa shape index (κ2) is 11.4. The van der Waals surface area contributed by atoms with Crippen LogP contribution < -0.4 is 10.9 Å². The van der Waals surface area contributed by atoms with Crippen molar-refractivity contribution in [3.8, 4) is 0 Å². The summed E-state index contributed by atoms with van der Waals surface area (Å²) in [5, 5.41) is 0.647. The number of carbonyl (C=O) groups excluding carboxylic acids is 2. The Hall–Kier alpha value is -2.07. The number of benzene rings is 2. The lowest BCUT2D eigenvalue weighted by molar-refractivity contribution is -0.121. The molecule has 0 aliphatic heterocycles. The minimum absolute atomic E-state index is 0.0320. The lowest BCUT2D eigenvalue weighted by atomic mass is 10.2. The number of nitrogens with zero attached hydrogens (tertiary/aromatic N) is 1. The molecule has 2 amide bonds. The lowest BCUT2D eigenvalue weighted by Crippen LogP contribution is -2.41. The molecule has 0 atom stereocenters. The van der Waals surface area contributed by atoms with Gasteiger partial charge < -0.3 is 0 Å². The van der Waals surface area contributed by atoms with Crippen LogP contribution in [0.2, 0.25) is 5.02 Å². The summed E-state index contributed by atoms with van der Waals surface area (Å²) in [6.45, 7) is 4.16. The number of nitrogens with one attached hydrogen (secondary N) is 2. The van der Waals surface area contributed by atoms with Crippen LogP contribution in [0.4, 0.5) is 0 Å². The number of thioether (sulfide) groups is 1. The Morgan fingerprint density at radius 1 is 1.03 bits per heavy atom. The summed E-state index contributed by atoms with van der Waals surface area (Å²) < 4.78 is 26.5. The summed E-state index contributed by atoms with van der Waals surface area (Å²) in [5.41, 5.74) is 4.80. The van der Waals surface area contributed by atoms with Gasteiger partial charge in [0.1, 0.15) is 0 Å². The fourth-order valence-electron chi connectivity index (χ4n) is 2.56. The molecule has 0 bridgehead atoms. The molecule has 7 nitrogen and oxygen atoms in total. The number of rotatable bonds is 9. The molecule has 0 aliphatic carbocycles. The van der Waals surface area contributed by atoms with Gasteiger partial charge in [-0.25, -0.2) is 8.42 Å². The van der Waals surface area contributed by atoms with Crippen molar-refractivity contribution >= 4 is 45.2 Å². The van der Waals surface area contributed by atoms with Crippen molar-refractivity contribution in [1.29, 1.82) is 0 Å². The van der Waals surface area contributed by atoms with Gasteiger partial charge in [0.2, 0.25) is 15.9 Å². The highest BCUT2D eigenvalue weighted by atomic mass is 35.5. The Bertz CT molecular complexity index is 978. The molecule has 2 rings (SSSR count). The fourth-order valence-corrected chi connectivity index (χ4v) is 5.05. The zero-order valence-corrected chi connectivity index (χ0v) is 19.1. The van der Waals surface area contributed by atoms with E-state index in [4.69, 9.17) is 11.6 Å². The van der Waals surface area contributed by atoms with Crippen LogP contribution in [0.25, 0.3) is 0 Å². The molecule has 10 heteroatoms. The smallest absolute Gasteiger partial charge is 0.269 e. The van der Waals surface area contributed by atoms with Gasteiger partial charge in [0.25, 0.3) is 5.91 Å². The van der Waals surface area contributed by atoms with Gasteiger partial charge in [-0.3, -0.25) is 20.4 Å². The van der Waals surface area contributed by atoms with Crippen LogP contribution in [0.1, 0.15) is 30.6 Å². The average molecular weight is 470 g/mol. The van der Waals surface area contributed by atoms with Crippen LogP contribution in [0.3, 0.4) is 0 Å². The highest BCUT2D eigenvalue weighted by molar-refractivity contribution is 7.99. The minimum Gasteiger partial charge on any atom is -0.273 e. The summed E-state index contributed by atoms with van der Waals surface area (Å²) >= 11 is 7.33. The quantitative estimate of drug-likeness (QED) is 0.434. The standard InChI is InChI=1S/C20H24ClN3O4S2/c1-3-24(4-2)30(27,28)18-7-5-6-15(14-18)20(26)23-22-19(25)12-13-29-17-10-8-16(21)9-11-17/h5-11,14H,3-4,12-13H2,1-2H3,(H,22,25)(H,23,26). The Kier molecular flexibility index (Phi) is 9.16. The highest BCUT2D eigenvalue weighted by Crippen LogP contribution is 2.21. The van der Waals surface area contributed by atoms with Crippen LogP contribution in [0.15, 0.2) is 58.3 Å². The summed E-state index contributed by atoms with van der Waals surface area (Å²) in [6.07, 6.45) is 0.198. The van der Waals surface area contributed by atoms with Crippen LogP contribution in [-0.2, 0) is 14.8 Å². The summed E-state index contributed by atoms with van der Waals surface area (Å²) in [7, 11) is -3.67. The molecular weight excluding hydrogens is 446 g/mol. The molecule has 0 aliphatic rings. The minimum atomic E-state index is -3.67. The van der Waals surface area contributed by atoms with Crippen LogP contribution in [-0.4, -0.2) is 43.4 Å². The monoisotopic (exact) mass is 469 g/mol. The molecule has 0 radical (unpaired) electrons. The van der Waals surface area contributed by atoms with Crippen molar-refractivity contribution < 1.29 is 18.0 Å². The predicted octanol–water partition coefficient (Wildman–Crippen LogP) is 3.31. The van der Waals surface area contributed by atoms with Crippen molar-refractivity contribution in [2.45, 2.75) is 30.1 Å². The predicted molar refractivity (Wildman–Crippen MR) is 119 cm³/mol. The third-order valence-corrected chi connectivity index (χ3v) is 7.48. The first-order valence-electron chi connectivity index (χ1n) is 9.35. The van der Waals surface area contributed by atoms with Crippen LogP contribution in [0.5, 0.6) is 0 Å². The van der Waals surface area contributed by atoms with Gasteiger partial charge in [0, 0.05) is 40.7 Å². The number of carbonyl (C=O) groups is 2. The van der Waals surface area contributed by atoms with E-state index in [1.54, 1.807) is 26.0 Å². The Balaban J connectivity index is 1.88. The van der Waals surface area contributed by atoms with E-state index in [1.165, 1.54) is 40.3 Å². The summed E-state index contributed by atoms with van der Waals surface area (Å²) in [5.74, 6) is -0.414. The van der Waals surface area contributed by atoms with E-state index in [1.807, 2.05) is 12.1 Å². The zero-order valence-electron chi connectivity index (χ0n) is 16.7. The van der Waals surface area contributed by atoms with Crippen molar-refractivity contribution in [3.05, 3.63) is 59.1 Å². The molecule has 2 aromatic rings. The molecule has 30 heavy (non-hydrogen) atoms. The molecule has 2 aromatic carbocycles. The van der Waals surface area contributed by atoms with Gasteiger partial charge in [0.15, 0.2) is 0 Å². The van der Waals surface area contributed by atoms with Gasteiger partial charge in [-0.1, -0.05) is 31.5 Å². The second-order valence-electron chi connectivity index (χ2n) is 6.17. The van der Waals surface area contributed by atoms with Crippen molar-refractivity contribution in [2.75, 3.05) is 18.8 Å². The molecule has 0 unspecified atom stereocenters. The number of halogens is 1. The van der Waals surface area contributed by atoms with Crippen molar-refractivity contribution in [1.82, 2.24) is 15.2 Å². The second-order valence-corrected chi connectivity index (χ2v) is 9.71. The number of sulfonamides is 1. The van der Waals surface area contributed by atoms with E-state index in [0.29, 0.717) is 23.9 Å². The third-order valence-electron chi connectivity index (χ3n) is 4.17. The molecule has 0 heterocycles. The molecular formula is C20H24ClN3O4S2. The van der Waals surface area contributed by atoms with Gasteiger partial charge in [-0.15, -0.1) is 11.8 Å². The topological polar surface area (TPSA) is 95.6 Å². The maximum atomic E-state index is 12.6. The van der Waals surface area contributed by atoms with Crippen LogP contribution >= 0.6 is 23.4 Å². The van der Waals surface area contributed by atoms with Gasteiger partial charge >= 0.3 is 0 Å². The Morgan fingerprint density at radius 2 is 1.70 bits per heavy atom. The highest BCUT2D eigenvalue weighted by Gasteiger charge is 2.22. The summed E-state index contributed by atoms with van der Waals surface area (Å²) in [6, 6.07) is 13.0. The molecule has 162 valence electrons. The van der Waals surface area contributed by atoms with Gasteiger partial charge in [0.05, 0.1) is 4.90 Å². The van der Waals surface area contributed by atoms with E-state index < -0.39 is 15.9 Å². The first kappa shape index (κ1) is 24.2. The average Bonchev–Trinajstić information content (AvgIpc) is 2.74. The molecule has 2 N–H and O–H groups in total. The fraction of sp³-hybridized carbons (Fsp3) is 0.300. The summed E-state index contributed by atoms with van der Waals surface area (Å²) in [4.78, 5) is 25.3. The number of hydrazine groups is 1. The maximum Gasteiger partial charge on any atom is 0.269 e. The number of hydrogen-bond acceptors (Lipinski definition) is 5. The normalized spacial score (nSPS) is 11.3. The molecule has 0 fully saturated rings. The first-order valence-corrected chi connectivity index (χ1v) is 12.2. The largest absolute Gasteiger partial charge is 0.273 e. The Labute approximate surface area is 186 Å². The van der Waals surface area contributed by atoms with Gasteiger partial charge in [-0.05, 0) is 42.5 Å². The Morgan fingerprint density at radius 3 is 2.33 bits per heavy atom. The van der Waals surface area contributed by atoms with Crippen molar-refractivity contribution in [3.63, 3.8) is 0 Å². The molecule has 0 spiro atoms. The SMILES string of the molecule is CCN(CC)S(=O)(=O)c1cccc(C(=O)NNC(=O)CCSc2ccc(Cl)cc2)c1. The van der Waals surface area contributed by atoms with E-state index in [-0.39, 0.29) is 22.8 Å². The molecule has 0 aromatic heterocycles. The zero-order chi connectivity index (χ0) is 22.1. The van der Waals surface area contributed by atoms with E-state index in [0.717, 1.165) is 4.90 Å². The van der Waals surface area contributed by atoms with Crippen LogP contribution in [0, 0.1) is 0 Å². The van der Waals surface area contributed by atoms with Gasteiger partial charge in [-0.2, -0.15) is 4.31 Å². The third kappa shape index (κ3) is 6.73. The first-order chi connectivity index (χ1) is 14.3. The molecule has 0 saturated carbocycles. The maximum absolute atomic E-state index is 12.6. The van der Waals surface area contributed by atoms with Crippen molar-refractivity contribution in [2.24, 2.45) is 0 Å². The number of hydrogen-bond donors (Lipinski definition) is 2. The lowest BCUT2D eigenvalue weighted by Gasteiger charge is -2.18. The number of amides is 2.